The minimum Gasteiger partial charge on any atom is -0.320 e. The van der Waals surface area contributed by atoms with E-state index in [0.717, 1.165) is 36.7 Å². The van der Waals surface area contributed by atoms with Crippen LogP contribution in [-0.4, -0.2) is 56.3 Å². The highest BCUT2D eigenvalue weighted by Gasteiger charge is 2.45. The third kappa shape index (κ3) is 5.09. The van der Waals surface area contributed by atoms with Crippen molar-refractivity contribution in [3.63, 3.8) is 0 Å². The average molecular weight is 573 g/mol. The maximum atomic E-state index is 14.3. The maximum absolute atomic E-state index is 14.3. The summed E-state index contributed by atoms with van der Waals surface area (Å²) in [7, 11) is 1.92. The Morgan fingerprint density at radius 1 is 1.15 bits per heavy atom. The molecule has 41 heavy (non-hydrogen) atoms. The molecule has 0 amide bonds. The van der Waals surface area contributed by atoms with Crippen molar-refractivity contribution >= 4 is 5.69 Å². The van der Waals surface area contributed by atoms with Gasteiger partial charge in [-0.3, -0.25) is 4.90 Å². The van der Waals surface area contributed by atoms with Crippen LogP contribution in [0, 0.1) is 11.8 Å². The van der Waals surface area contributed by atoms with Crippen LogP contribution >= 0.6 is 0 Å². The number of halogens is 5. The van der Waals surface area contributed by atoms with Gasteiger partial charge in [-0.1, -0.05) is 32.1 Å². The van der Waals surface area contributed by atoms with Crippen molar-refractivity contribution in [1.29, 1.82) is 0 Å². The van der Waals surface area contributed by atoms with Crippen molar-refractivity contribution in [2.24, 2.45) is 18.9 Å². The minimum atomic E-state index is -4.61. The zero-order valence-electron chi connectivity index (χ0n) is 23.1. The van der Waals surface area contributed by atoms with E-state index in [0.29, 0.717) is 23.0 Å². The van der Waals surface area contributed by atoms with Crippen LogP contribution in [0.1, 0.15) is 49.9 Å². The van der Waals surface area contributed by atoms with Gasteiger partial charge < -0.3 is 14.4 Å². The van der Waals surface area contributed by atoms with Gasteiger partial charge in [0.15, 0.2) is 0 Å². The lowest BCUT2D eigenvalue weighted by atomic mass is 9.72. The number of nitrogens with zero attached hydrogens (tertiary/aromatic N) is 6. The third-order valence-corrected chi connectivity index (χ3v) is 8.85. The van der Waals surface area contributed by atoms with Crippen LogP contribution < -0.4 is 4.90 Å². The molecule has 1 aliphatic carbocycles. The van der Waals surface area contributed by atoms with E-state index in [9.17, 15) is 22.0 Å². The molecule has 1 aromatic heterocycles. The molecule has 2 fully saturated rings. The molecule has 4 aliphatic rings. The lowest BCUT2D eigenvalue weighted by molar-refractivity contribution is -0.0973. The Morgan fingerprint density at radius 2 is 1.93 bits per heavy atom. The van der Waals surface area contributed by atoms with Gasteiger partial charge in [-0.15, -0.1) is 10.2 Å². The van der Waals surface area contributed by atoms with Gasteiger partial charge in [0, 0.05) is 63.0 Å². The highest BCUT2D eigenvalue weighted by Crippen LogP contribution is 2.46. The number of hydrogen-bond acceptors (Lipinski definition) is 5. The van der Waals surface area contributed by atoms with Gasteiger partial charge in [-0.05, 0) is 48.1 Å². The van der Waals surface area contributed by atoms with Crippen LogP contribution in [-0.2, 0) is 7.05 Å². The Labute approximate surface area is 236 Å². The number of aryl methyl sites for hydroxylation is 1. The van der Waals surface area contributed by atoms with Gasteiger partial charge >= 0.3 is 6.18 Å². The predicted octanol–water partition coefficient (Wildman–Crippen LogP) is 6.55. The Bertz CT molecular complexity index is 1430. The molecule has 0 N–H and O–H groups in total. The highest BCUT2D eigenvalue weighted by molar-refractivity contribution is 5.64. The second-order valence-corrected chi connectivity index (χ2v) is 11.6. The summed E-state index contributed by atoms with van der Waals surface area (Å²) in [6, 6.07) is 7.79. The number of anilines is 1. The number of piperidine rings is 1. The van der Waals surface area contributed by atoms with Gasteiger partial charge in [0.2, 0.25) is 0 Å². The molecule has 4 heterocycles. The predicted molar refractivity (Wildman–Crippen MR) is 146 cm³/mol. The average Bonchev–Trinajstić information content (AvgIpc) is 3.45. The Balaban J connectivity index is 1.30. The highest BCUT2D eigenvalue weighted by atomic mass is 19.4. The fraction of sp³-hybridized carbons (Fsp3) is 0.467. The molecule has 11 heteroatoms. The fourth-order valence-corrected chi connectivity index (χ4v) is 6.27. The van der Waals surface area contributed by atoms with Gasteiger partial charge in [0.05, 0.1) is 11.3 Å². The summed E-state index contributed by atoms with van der Waals surface area (Å²) in [5.74, 6) is -1.95. The number of alkyl halides is 5. The van der Waals surface area contributed by atoms with E-state index in [1.54, 1.807) is 22.3 Å². The summed E-state index contributed by atoms with van der Waals surface area (Å²) >= 11 is 0. The van der Waals surface area contributed by atoms with Crippen LogP contribution in [0.15, 0.2) is 78.3 Å². The zero-order chi connectivity index (χ0) is 29.1. The molecule has 6 rings (SSSR count). The monoisotopic (exact) mass is 572 g/mol. The number of likely N-dealkylation sites (tertiary alicyclic amines) is 1. The molecule has 0 spiro atoms. The summed E-state index contributed by atoms with van der Waals surface area (Å²) in [6.45, 7) is 6.02. The standard InChI is InChI=1S/C30H33F5N6/c1-19-14-39(11-10-29(19,31)32)15-21-12-25(30(33,34)35)26-17-40(20(2)41(26)16-21)24-9-5-8-23(13-24)27(22-6-4-7-22)28-37-36-18-38(28)3/h5,8-9,12-13,16-19,22,27H,2,4,6-7,10-11,14-15H2,1,3H3. The molecule has 218 valence electrons. The van der Waals surface area contributed by atoms with Crippen LogP contribution in [0.2, 0.25) is 0 Å². The number of aromatic nitrogens is 3. The van der Waals surface area contributed by atoms with Crippen molar-refractivity contribution in [2.75, 3.05) is 24.5 Å². The molecule has 3 aliphatic heterocycles. The summed E-state index contributed by atoms with van der Waals surface area (Å²) in [4.78, 5) is 4.93. The number of rotatable bonds is 6. The first-order chi connectivity index (χ1) is 19.4. The van der Waals surface area contributed by atoms with Crippen molar-refractivity contribution in [3.05, 3.63) is 89.7 Å². The van der Waals surface area contributed by atoms with Crippen molar-refractivity contribution < 1.29 is 22.0 Å². The Hall–Kier alpha value is -3.47. The number of hydrogen-bond donors (Lipinski definition) is 0. The van der Waals surface area contributed by atoms with Crippen LogP contribution in [0.5, 0.6) is 0 Å². The maximum Gasteiger partial charge on any atom is 0.418 e. The van der Waals surface area contributed by atoms with Gasteiger partial charge in [0.1, 0.15) is 18.0 Å². The summed E-state index contributed by atoms with van der Waals surface area (Å²) < 4.78 is 72.9. The van der Waals surface area contributed by atoms with Crippen molar-refractivity contribution in [2.45, 2.75) is 50.6 Å². The SMILES string of the molecule is C=C1N2C=C(CN3CCC(F)(F)C(C)C3)C=C(C(F)(F)F)C2=CN1c1cccc(C(c2nncn2C)C2CCC2)c1. The smallest absolute Gasteiger partial charge is 0.320 e. The quantitative estimate of drug-likeness (QED) is 0.368. The summed E-state index contributed by atoms with van der Waals surface area (Å²) in [5, 5.41) is 8.45. The first-order valence-corrected chi connectivity index (χ1v) is 14.0. The molecule has 2 aromatic rings. The molecular formula is C30H33F5N6. The molecule has 0 radical (unpaired) electrons. The largest absolute Gasteiger partial charge is 0.418 e. The normalized spacial score (nSPS) is 24.0. The molecular weight excluding hydrogens is 539 g/mol. The lowest BCUT2D eigenvalue weighted by Crippen LogP contribution is -2.46. The van der Waals surface area contributed by atoms with Crippen LogP contribution in [0.25, 0.3) is 0 Å². The molecule has 1 saturated carbocycles. The van der Waals surface area contributed by atoms with Crippen molar-refractivity contribution in [3.8, 4) is 0 Å². The first-order valence-electron chi connectivity index (χ1n) is 14.0. The topological polar surface area (TPSA) is 40.4 Å². The number of benzene rings is 1. The molecule has 2 atom stereocenters. The van der Waals surface area contributed by atoms with Gasteiger partial charge in [-0.25, -0.2) is 8.78 Å². The lowest BCUT2D eigenvalue weighted by Gasteiger charge is -2.37. The van der Waals surface area contributed by atoms with E-state index in [1.165, 1.54) is 18.0 Å². The second-order valence-electron chi connectivity index (χ2n) is 11.6. The summed E-state index contributed by atoms with van der Waals surface area (Å²) in [5.41, 5.74) is 1.33. The van der Waals surface area contributed by atoms with E-state index in [1.807, 2.05) is 35.9 Å². The number of allylic oxidation sites excluding steroid dienone is 1. The van der Waals surface area contributed by atoms with E-state index in [4.69, 9.17) is 0 Å². The van der Waals surface area contributed by atoms with E-state index in [2.05, 4.69) is 16.8 Å². The van der Waals surface area contributed by atoms with Gasteiger partial charge in [-0.2, -0.15) is 13.2 Å². The molecule has 2 unspecified atom stereocenters. The van der Waals surface area contributed by atoms with Gasteiger partial charge in [0.25, 0.3) is 5.92 Å². The summed E-state index contributed by atoms with van der Waals surface area (Å²) in [6.07, 6.45) is 4.33. The molecule has 1 aromatic carbocycles. The molecule has 6 nitrogen and oxygen atoms in total. The second kappa shape index (κ2) is 10.1. The molecule has 0 bridgehead atoms. The Kier molecular flexibility index (Phi) is 6.83. The van der Waals surface area contributed by atoms with E-state index >= 15 is 0 Å². The van der Waals surface area contributed by atoms with E-state index in [-0.39, 0.29) is 37.7 Å². The zero-order valence-corrected chi connectivity index (χ0v) is 23.1. The number of fused-ring (bicyclic) bond motifs is 1. The fourth-order valence-electron chi connectivity index (χ4n) is 6.27. The van der Waals surface area contributed by atoms with Crippen LogP contribution in [0.4, 0.5) is 27.6 Å². The first kappa shape index (κ1) is 27.7. The minimum absolute atomic E-state index is 0.0148. The van der Waals surface area contributed by atoms with Crippen molar-refractivity contribution in [1.82, 2.24) is 24.6 Å². The van der Waals surface area contributed by atoms with E-state index < -0.39 is 23.6 Å². The Morgan fingerprint density at radius 3 is 2.56 bits per heavy atom. The van der Waals surface area contributed by atoms with Crippen LogP contribution in [0.3, 0.4) is 0 Å². The third-order valence-electron chi connectivity index (χ3n) is 8.85. The molecule has 1 saturated heterocycles.